The number of piperidine rings is 1. The summed E-state index contributed by atoms with van der Waals surface area (Å²) in [6.45, 7) is 5.55. The molecule has 1 saturated heterocycles. The molecule has 1 atom stereocenters. The smallest absolute Gasteiger partial charge is 0.350 e. The minimum absolute atomic E-state index is 0.368. The first-order valence-corrected chi connectivity index (χ1v) is 8.39. The number of nitrogens with two attached hydrogens (primary N) is 1. The maximum atomic E-state index is 11.5. The van der Waals surface area contributed by atoms with Crippen LogP contribution >= 0.6 is 11.3 Å². The largest absolute Gasteiger partial charge is 0.465 e. The predicted octanol–water partition coefficient (Wildman–Crippen LogP) is 2.79. The number of esters is 1. The number of methoxy groups -OCH3 is 1. The van der Waals surface area contributed by atoms with E-state index in [1.807, 2.05) is 0 Å². The van der Waals surface area contributed by atoms with Crippen molar-refractivity contribution in [1.29, 1.82) is 0 Å². The highest BCUT2D eigenvalue weighted by Gasteiger charge is 2.17. The summed E-state index contributed by atoms with van der Waals surface area (Å²) in [5.74, 6) is -0.368. The Labute approximate surface area is 130 Å². The van der Waals surface area contributed by atoms with Gasteiger partial charge in [-0.1, -0.05) is 6.42 Å². The van der Waals surface area contributed by atoms with Crippen LogP contribution in [-0.2, 0) is 4.74 Å². The summed E-state index contributed by atoms with van der Waals surface area (Å²) < 4.78 is 4.70. The minimum Gasteiger partial charge on any atom is -0.465 e. The van der Waals surface area contributed by atoms with Crippen molar-refractivity contribution in [1.82, 2.24) is 4.90 Å². The maximum Gasteiger partial charge on any atom is 0.350 e. The van der Waals surface area contributed by atoms with Crippen LogP contribution < -0.4 is 11.1 Å². The van der Waals surface area contributed by atoms with Crippen molar-refractivity contribution in [3.63, 3.8) is 0 Å². The molecule has 0 radical (unpaired) electrons. The Morgan fingerprint density at radius 2 is 2.38 bits per heavy atom. The van der Waals surface area contributed by atoms with Crippen LogP contribution in [0.3, 0.4) is 0 Å². The molecule has 1 fully saturated rings. The quantitative estimate of drug-likeness (QED) is 0.624. The lowest BCUT2D eigenvalue weighted by Crippen LogP contribution is -2.38. The molecule has 5 nitrogen and oxygen atoms in total. The molecule has 0 amide bonds. The predicted molar refractivity (Wildman–Crippen MR) is 88.1 cm³/mol. The van der Waals surface area contributed by atoms with Crippen molar-refractivity contribution < 1.29 is 9.53 Å². The molecule has 0 bridgehead atoms. The number of nitrogen functional groups attached to an aromatic ring is 1. The highest BCUT2D eigenvalue weighted by Crippen LogP contribution is 2.29. The summed E-state index contributed by atoms with van der Waals surface area (Å²) in [6, 6.07) is 2.52. The van der Waals surface area contributed by atoms with Gasteiger partial charge in [-0.05, 0) is 38.8 Å². The number of hydrogen-bond donors (Lipinski definition) is 2. The molecule has 6 heteroatoms. The molecule has 1 aliphatic heterocycles. The molecule has 118 valence electrons. The Hall–Kier alpha value is -1.27. The number of likely N-dealkylation sites (tertiary alicyclic amines) is 1. The van der Waals surface area contributed by atoms with Gasteiger partial charge in [0.2, 0.25) is 0 Å². The Kier molecular flexibility index (Phi) is 5.87. The van der Waals surface area contributed by atoms with Crippen LogP contribution in [-0.4, -0.2) is 43.7 Å². The standard InChI is InChI=1S/C15H25N3O2S/c1-11-6-3-4-8-18(11)9-5-7-17-13-10-12(16)14(21-13)15(19)20-2/h10-11,17H,3-9,16H2,1-2H3. The van der Waals surface area contributed by atoms with E-state index in [1.54, 1.807) is 6.07 Å². The van der Waals surface area contributed by atoms with Gasteiger partial charge in [0.15, 0.2) is 0 Å². The van der Waals surface area contributed by atoms with Gasteiger partial charge in [-0.15, -0.1) is 11.3 Å². The molecule has 0 aromatic carbocycles. The molecule has 21 heavy (non-hydrogen) atoms. The third kappa shape index (κ3) is 4.35. The fraction of sp³-hybridized carbons (Fsp3) is 0.667. The van der Waals surface area contributed by atoms with Gasteiger partial charge < -0.3 is 20.7 Å². The van der Waals surface area contributed by atoms with Crippen LogP contribution in [0.15, 0.2) is 6.07 Å². The Bertz CT molecular complexity index is 475. The van der Waals surface area contributed by atoms with Gasteiger partial charge >= 0.3 is 5.97 Å². The zero-order valence-electron chi connectivity index (χ0n) is 12.9. The third-order valence-corrected chi connectivity index (χ3v) is 5.08. The summed E-state index contributed by atoms with van der Waals surface area (Å²) in [7, 11) is 1.37. The third-order valence-electron chi connectivity index (χ3n) is 3.99. The Balaban J connectivity index is 1.74. The first kappa shape index (κ1) is 16.1. The van der Waals surface area contributed by atoms with Crippen LogP contribution in [0.2, 0.25) is 0 Å². The summed E-state index contributed by atoms with van der Waals surface area (Å²) in [5, 5.41) is 4.27. The van der Waals surface area contributed by atoms with E-state index in [1.165, 1.54) is 44.3 Å². The van der Waals surface area contributed by atoms with E-state index in [9.17, 15) is 4.79 Å². The summed E-state index contributed by atoms with van der Waals surface area (Å²) in [5.41, 5.74) is 6.30. The van der Waals surface area contributed by atoms with E-state index in [0.717, 1.165) is 24.5 Å². The topological polar surface area (TPSA) is 67.6 Å². The molecule has 2 heterocycles. The lowest BCUT2D eigenvalue weighted by molar-refractivity contribution is 0.0607. The average Bonchev–Trinajstić information content (AvgIpc) is 2.85. The highest BCUT2D eigenvalue weighted by atomic mass is 32.1. The summed E-state index contributed by atoms with van der Waals surface area (Å²) in [4.78, 5) is 14.5. The lowest BCUT2D eigenvalue weighted by Gasteiger charge is -2.33. The molecule has 0 spiro atoms. The van der Waals surface area contributed by atoms with Crippen molar-refractivity contribution in [2.75, 3.05) is 37.8 Å². The molecule has 1 aromatic rings. The number of carbonyl (C=O) groups excluding carboxylic acids is 1. The number of nitrogens with one attached hydrogen (secondary N) is 1. The molecule has 0 aliphatic carbocycles. The van der Waals surface area contributed by atoms with Crippen LogP contribution in [0.4, 0.5) is 10.7 Å². The van der Waals surface area contributed by atoms with Gasteiger partial charge in [0.05, 0.1) is 17.8 Å². The molecule has 1 unspecified atom stereocenters. The van der Waals surface area contributed by atoms with Gasteiger partial charge in [0, 0.05) is 19.1 Å². The van der Waals surface area contributed by atoms with E-state index in [-0.39, 0.29) is 5.97 Å². The van der Waals surface area contributed by atoms with Gasteiger partial charge in [-0.25, -0.2) is 4.79 Å². The zero-order valence-corrected chi connectivity index (χ0v) is 13.7. The van der Waals surface area contributed by atoms with Crippen molar-refractivity contribution in [2.24, 2.45) is 0 Å². The van der Waals surface area contributed by atoms with Crippen molar-refractivity contribution >= 4 is 28.0 Å². The van der Waals surface area contributed by atoms with Gasteiger partial charge in [-0.2, -0.15) is 0 Å². The van der Waals surface area contributed by atoms with Crippen molar-refractivity contribution in [2.45, 2.75) is 38.6 Å². The summed E-state index contributed by atoms with van der Waals surface area (Å²) >= 11 is 1.35. The first-order chi connectivity index (χ1) is 10.1. The van der Waals surface area contributed by atoms with Crippen molar-refractivity contribution in [3.8, 4) is 0 Å². The number of anilines is 2. The second-order valence-corrected chi connectivity index (χ2v) is 6.60. The Morgan fingerprint density at radius 3 is 3.10 bits per heavy atom. The molecule has 0 saturated carbocycles. The van der Waals surface area contributed by atoms with Crippen LogP contribution in [0.25, 0.3) is 0 Å². The fourth-order valence-corrected chi connectivity index (χ4v) is 3.65. The number of thiophene rings is 1. The normalized spacial score (nSPS) is 19.4. The average molecular weight is 311 g/mol. The van der Waals surface area contributed by atoms with Crippen LogP contribution in [0, 0.1) is 0 Å². The second-order valence-electron chi connectivity index (χ2n) is 5.55. The van der Waals surface area contributed by atoms with Crippen LogP contribution in [0.5, 0.6) is 0 Å². The lowest BCUT2D eigenvalue weighted by atomic mass is 10.0. The minimum atomic E-state index is -0.368. The maximum absolute atomic E-state index is 11.5. The number of ether oxygens (including phenoxy) is 1. The molecule has 2 rings (SSSR count). The van der Waals surface area contributed by atoms with Gasteiger partial charge in [0.25, 0.3) is 0 Å². The van der Waals surface area contributed by atoms with E-state index >= 15 is 0 Å². The zero-order chi connectivity index (χ0) is 15.2. The molecule has 1 aliphatic rings. The van der Waals surface area contributed by atoms with Crippen molar-refractivity contribution in [3.05, 3.63) is 10.9 Å². The highest BCUT2D eigenvalue weighted by molar-refractivity contribution is 7.18. The number of carbonyl (C=O) groups is 1. The van der Waals surface area contributed by atoms with E-state index < -0.39 is 0 Å². The molecule has 3 N–H and O–H groups in total. The first-order valence-electron chi connectivity index (χ1n) is 7.57. The number of hydrogen-bond acceptors (Lipinski definition) is 6. The second kappa shape index (κ2) is 7.66. The molecule has 1 aromatic heterocycles. The van der Waals surface area contributed by atoms with Crippen LogP contribution in [0.1, 0.15) is 42.3 Å². The van der Waals surface area contributed by atoms with E-state index in [0.29, 0.717) is 16.6 Å². The summed E-state index contributed by atoms with van der Waals surface area (Å²) in [6.07, 6.45) is 5.09. The van der Waals surface area contributed by atoms with E-state index in [4.69, 9.17) is 10.5 Å². The van der Waals surface area contributed by atoms with Gasteiger partial charge in [0.1, 0.15) is 4.88 Å². The Morgan fingerprint density at radius 1 is 1.57 bits per heavy atom. The monoisotopic (exact) mass is 311 g/mol. The fourth-order valence-electron chi connectivity index (χ4n) is 2.73. The molecular weight excluding hydrogens is 286 g/mol. The number of nitrogens with zero attached hydrogens (tertiary/aromatic N) is 1. The SMILES string of the molecule is COC(=O)c1sc(NCCCN2CCCCC2C)cc1N. The number of rotatable bonds is 6. The van der Waals surface area contributed by atoms with Gasteiger partial charge in [-0.3, -0.25) is 0 Å². The van der Waals surface area contributed by atoms with E-state index in [2.05, 4.69) is 17.1 Å². The molecular formula is C15H25N3O2S.